The molecule has 1 aliphatic rings. The second kappa shape index (κ2) is 7.20. The van der Waals surface area contributed by atoms with Gasteiger partial charge in [-0.05, 0) is 47.2 Å². The molecule has 0 aromatic heterocycles. The van der Waals surface area contributed by atoms with Gasteiger partial charge in [-0.15, -0.1) is 0 Å². The first-order chi connectivity index (χ1) is 12.8. The van der Waals surface area contributed by atoms with E-state index in [2.05, 4.69) is 24.3 Å². The Morgan fingerprint density at radius 1 is 0.923 bits per heavy atom. The Labute approximate surface area is 154 Å². The number of carbonyl (C=O) groups excluding carboxylic acids is 1. The third-order valence-electron chi connectivity index (χ3n) is 5.38. The van der Waals surface area contributed by atoms with Crippen molar-refractivity contribution in [1.82, 2.24) is 4.90 Å². The Morgan fingerprint density at radius 3 is 2.42 bits per heavy atom. The van der Waals surface area contributed by atoms with Crippen LogP contribution in [-0.4, -0.2) is 31.0 Å². The molecule has 26 heavy (non-hydrogen) atoms. The molecule has 132 valence electrons. The molecule has 0 spiro atoms. The first kappa shape index (κ1) is 16.6. The summed E-state index contributed by atoms with van der Waals surface area (Å²) in [6.45, 7) is 1.57. The predicted molar refractivity (Wildman–Crippen MR) is 105 cm³/mol. The van der Waals surface area contributed by atoms with Crippen LogP contribution < -0.4 is 4.74 Å². The van der Waals surface area contributed by atoms with Gasteiger partial charge in [-0.1, -0.05) is 54.6 Å². The van der Waals surface area contributed by atoms with E-state index in [4.69, 9.17) is 4.74 Å². The largest absolute Gasteiger partial charge is 0.496 e. The van der Waals surface area contributed by atoms with Crippen LogP contribution in [-0.2, 0) is 0 Å². The highest BCUT2D eigenvalue weighted by Gasteiger charge is 2.26. The van der Waals surface area contributed by atoms with E-state index in [0.717, 1.165) is 48.0 Å². The molecule has 0 atom stereocenters. The highest BCUT2D eigenvalue weighted by molar-refractivity contribution is 6.07. The third-order valence-corrected chi connectivity index (χ3v) is 5.38. The van der Waals surface area contributed by atoms with Crippen molar-refractivity contribution in [3.63, 3.8) is 0 Å². The number of hydrogen-bond acceptors (Lipinski definition) is 2. The van der Waals surface area contributed by atoms with Gasteiger partial charge in [0.1, 0.15) is 5.75 Å². The molecule has 1 amide bonds. The second-order valence-corrected chi connectivity index (χ2v) is 6.84. The zero-order valence-electron chi connectivity index (χ0n) is 15.0. The van der Waals surface area contributed by atoms with E-state index in [-0.39, 0.29) is 5.91 Å². The Hall–Kier alpha value is -2.81. The van der Waals surface area contributed by atoms with Crippen molar-refractivity contribution in [2.24, 2.45) is 0 Å². The highest BCUT2D eigenvalue weighted by Crippen LogP contribution is 2.34. The fraction of sp³-hybridized carbons (Fsp3) is 0.261. The van der Waals surface area contributed by atoms with Gasteiger partial charge in [0.15, 0.2) is 0 Å². The summed E-state index contributed by atoms with van der Waals surface area (Å²) < 4.78 is 5.51. The van der Waals surface area contributed by atoms with Gasteiger partial charge in [0, 0.05) is 18.7 Å². The normalized spacial score (nSPS) is 15.2. The van der Waals surface area contributed by atoms with Gasteiger partial charge in [0.2, 0.25) is 0 Å². The maximum atomic E-state index is 13.1. The van der Waals surface area contributed by atoms with Crippen LogP contribution in [0.5, 0.6) is 5.75 Å². The summed E-state index contributed by atoms with van der Waals surface area (Å²) in [5.41, 5.74) is 2.06. The topological polar surface area (TPSA) is 29.5 Å². The SMILES string of the molecule is COc1ccccc1C1CCN(C(=O)c2cccc3ccccc23)CC1. The lowest BCUT2D eigenvalue weighted by Crippen LogP contribution is -2.38. The van der Waals surface area contributed by atoms with E-state index < -0.39 is 0 Å². The maximum absolute atomic E-state index is 13.1. The van der Waals surface area contributed by atoms with E-state index in [1.807, 2.05) is 47.4 Å². The minimum atomic E-state index is 0.139. The molecular formula is C23H23NO2. The van der Waals surface area contributed by atoms with Gasteiger partial charge in [-0.2, -0.15) is 0 Å². The molecule has 3 aromatic carbocycles. The van der Waals surface area contributed by atoms with Crippen LogP contribution >= 0.6 is 0 Å². The average Bonchev–Trinajstić information content (AvgIpc) is 2.73. The first-order valence-electron chi connectivity index (χ1n) is 9.18. The van der Waals surface area contributed by atoms with Gasteiger partial charge in [0.25, 0.3) is 5.91 Å². The van der Waals surface area contributed by atoms with Gasteiger partial charge in [-0.25, -0.2) is 0 Å². The summed E-state index contributed by atoms with van der Waals surface area (Å²) >= 11 is 0. The van der Waals surface area contributed by atoms with Gasteiger partial charge >= 0.3 is 0 Å². The number of likely N-dealkylation sites (tertiary alicyclic amines) is 1. The van der Waals surface area contributed by atoms with Crippen LogP contribution in [0.1, 0.15) is 34.7 Å². The number of hydrogen-bond donors (Lipinski definition) is 0. The minimum absolute atomic E-state index is 0.139. The van der Waals surface area contributed by atoms with E-state index in [9.17, 15) is 4.79 Å². The molecule has 0 unspecified atom stereocenters. The monoisotopic (exact) mass is 345 g/mol. The molecule has 1 saturated heterocycles. The fourth-order valence-electron chi connectivity index (χ4n) is 3.98. The summed E-state index contributed by atoms with van der Waals surface area (Å²) in [5.74, 6) is 1.54. The number of rotatable bonds is 3. The summed E-state index contributed by atoms with van der Waals surface area (Å²) in [5, 5.41) is 2.15. The molecule has 3 heteroatoms. The molecule has 0 radical (unpaired) electrons. The van der Waals surface area contributed by atoms with E-state index in [1.165, 1.54) is 5.56 Å². The first-order valence-corrected chi connectivity index (χ1v) is 9.18. The van der Waals surface area contributed by atoms with Crippen LogP contribution in [0.25, 0.3) is 10.8 Å². The van der Waals surface area contributed by atoms with E-state index >= 15 is 0 Å². The Balaban J connectivity index is 1.52. The highest BCUT2D eigenvalue weighted by atomic mass is 16.5. The molecule has 0 saturated carbocycles. The van der Waals surface area contributed by atoms with Crippen molar-refractivity contribution in [3.8, 4) is 5.75 Å². The lowest BCUT2D eigenvalue weighted by Gasteiger charge is -2.33. The van der Waals surface area contributed by atoms with Crippen molar-refractivity contribution in [2.45, 2.75) is 18.8 Å². The summed E-state index contributed by atoms with van der Waals surface area (Å²) in [6, 6.07) is 22.3. The predicted octanol–water partition coefficient (Wildman–Crippen LogP) is 4.87. The van der Waals surface area contributed by atoms with Crippen molar-refractivity contribution in [3.05, 3.63) is 77.9 Å². The summed E-state index contributed by atoms with van der Waals surface area (Å²) in [4.78, 5) is 15.1. The number of amides is 1. The molecular weight excluding hydrogens is 322 g/mol. The van der Waals surface area contributed by atoms with Crippen LogP contribution in [0.3, 0.4) is 0 Å². The lowest BCUT2D eigenvalue weighted by molar-refractivity contribution is 0.0714. The molecule has 0 aliphatic carbocycles. The molecule has 4 rings (SSSR count). The standard InChI is InChI=1S/C23H23NO2/c1-26-22-12-5-4-10-20(22)18-13-15-24(16-14-18)23(25)21-11-6-8-17-7-2-3-9-19(17)21/h2-12,18H,13-16H2,1H3. The molecule has 3 aromatic rings. The van der Waals surface area contributed by atoms with E-state index in [1.54, 1.807) is 7.11 Å². The van der Waals surface area contributed by atoms with Gasteiger partial charge < -0.3 is 9.64 Å². The summed E-state index contributed by atoms with van der Waals surface area (Å²) in [7, 11) is 1.72. The van der Waals surface area contributed by atoms with E-state index in [0.29, 0.717) is 5.92 Å². The zero-order chi connectivity index (χ0) is 17.9. The molecule has 0 N–H and O–H groups in total. The van der Waals surface area contributed by atoms with Crippen LogP contribution in [0.4, 0.5) is 0 Å². The lowest BCUT2D eigenvalue weighted by atomic mass is 9.88. The number of carbonyl (C=O) groups is 1. The molecule has 1 heterocycles. The Bertz CT molecular complexity index is 921. The van der Waals surface area contributed by atoms with Gasteiger partial charge in [0.05, 0.1) is 7.11 Å². The summed E-state index contributed by atoms with van der Waals surface area (Å²) in [6.07, 6.45) is 1.94. The Morgan fingerprint density at radius 2 is 1.62 bits per heavy atom. The van der Waals surface area contributed by atoms with Crippen molar-refractivity contribution < 1.29 is 9.53 Å². The van der Waals surface area contributed by atoms with Crippen molar-refractivity contribution >= 4 is 16.7 Å². The number of nitrogens with zero attached hydrogens (tertiary/aromatic N) is 1. The molecule has 0 bridgehead atoms. The number of fused-ring (bicyclic) bond motifs is 1. The van der Waals surface area contributed by atoms with Crippen LogP contribution in [0.2, 0.25) is 0 Å². The Kier molecular flexibility index (Phi) is 4.61. The number of ether oxygens (including phenoxy) is 1. The maximum Gasteiger partial charge on any atom is 0.254 e. The number of methoxy groups -OCH3 is 1. The fourth-order valence-corrected chi connectivity index (χ4v) is 3.98. The quantitative estimate of drug-likeness (QED) is 0.678. The smallest absolute Gasteiger partial charge is 0.254 e. The number of para-hydroxylation sites is 1. The molecule has 1 aliphatic heterocycles. The number of benzene rings is 3. The van der Waals surface area contributed by atoms with Crippen molar-refractivity contribution in [2.75, 3.05) is 20.2 Å². The van der Waals surface area contributed by atoms with Crippen molar-refractivity contribution in [1.29, 1.82) is 0 Å². The third kappa shape index (κ3) is 3.05. The minimum Gasteiger partial charge on any atom is -0.496 e. The molecule has 1 fully saturated rings. The second-order valence-electron chi connectivity index (χ2n) is 6.84. The average molecular weight is 345 g/mol. The number of piperidine rings is 1. The van der Waals surface area contributed by atoms with Gasteiger partial charge in [-0.3, -0.25) is 4.79 Å². The van der Waals surface area contributed by atoms with Crippen LogP contribution in [0, 0.1) is 0 Å². The molecule has 3 nitrogen and oxygen atoms in total. The zero-order valence-corrected chi connectivity index (χ0v) is 15.0. The van der Waals surface area contributed by atoms with Crippen LogP contribution in [0.15, 0.2) is 66.7 Å².